The molecule has 1 saturated heterocycles. The van der Waals surface area contributed by atoms with Crippen molar-refractivity contribution >= 4 is 16.9 Å². The van der Waals surface area contributed by atoms with Gasteiger partial charge in [0.1, 0.15) is 6.54 Å². The minimum Gasteiger partial charge on any atom is -0.334 e. The van der Waals surface area contributed by atoms with E-state index in [1.165, 1.54) is 10.8 Å². The lowest BCUT2D eigenvalue weighted by molar-refractivity contribution is -0.132. The Morgan fingerprint density at radius 2 is 1.84 bits per heavy atom. The third-order valence-corrected chi connectivity index (χ3v) is 4.80. The van der Waals surface area contributed by atoms with E-state index in [2.05, 4.69) is 17.1 Å². The number of likely N-dealkylation sites (tertiary alicyclic amines) is 1. The number of hydrogen-bond donors (Lipinski definition) is 0. The molecule has 0 radical (unpaired) electrons. The highest BCUT2D eigenvalue weighted by molar-refractivity contribution is 5.80. The van der Waals surface area contributed by atoms with Gasteiger partial charge in [0.05, 0.1) is 23.3 Å². The molecule has 1 aliphatic rings. The largest absolute Gasteiger partial charge is 0.334 e. The van der Waals surface area contributed by atoms with E-state index in [9.17, 15) is 9.59 Å². The molecule has 126 valence electrons. The summed E-state index contributed by atoms with van der Waals surface area (Å²) < 4.78 is 1.52. The third-order valence-electron chi connectivity index (χ3n) is 4.80. The van der Waals surface area contributed by atoms with Gasteiger partial charge in [-0.3, -0.25) is 14.2 Å². The zero-order chi connectivity index (χ0) is 17.2. The second-order valence-electron chi connectivity index (χ2n) is 6.33. The first-order chi connectivity index (χ1) is 12.2. The van der Waals surface area contributed by atoms with Crippen molar-refractivity contribution < 1.29 is 4.79 Å². The normalized spacial score (nSPS) is 17.1. The van der Waals surface area contributed by atoms with Crippen molar-refractivity contribution in [2.75, 3.05) is 6.54 Å². The van der Waals surface area contributed by atoms with E-state index in [4.69, 9.17) is 0 Å². The van der Waals surface area contributed by atoms with Gasteiger partial charge in [-0.25, -0.2) is 4.98 Å². The molecule has 2 heterocycles. The van der Waals surface area contributed by atoms with E-state index >= 15 is 0 Å². The summed E-state index contributed by atoms with van der Waals surface area (Å²) in [4.78, 5) is 31.3. The van der Waals surface area contributed by atoms with Gasteiger partial charge in [0.15, 0.2) is 0 Å². The molecule has 0 N–H and O–H groups in total. The number of aromatic nitrogens is 2. The van der Waals surface area contributed by atoms with Crippen LogP contribution in [-0.4, -0.2) is 26.9 Å². The SMILES string of the molecule is O=C(Cn1c(=O)cnc2ccccc21)N1CCCC1c1ccccc1. The van der Waals surface area contributed by atoms with Crippen molar-refractivity contribution in [1.29, 1.82) is 0 Å². The predicted molar refractivity (Wildman–Crippen MR) is 96.1 cm³/mol. The maximum absolute atomic E-state index is 12.9. The fraction of sp³-hybridized carbons (Fsp3) is 0.250. The van der Waals surface area contributed by atoms with Crippen LogP contribution >= 0.6 is 0 Å². The lowest BCUT2D eigenvalue weighted by Crippen LogP contribution is -2.36. The van der Waals surface area contributed by atoms with E-state index in [1.54, 1.807) is 0 Å². The molecule has 1 aromatic heterocycles. The van der Waals surface area contributed by atoms with Crippen LogP contribution in [0, 0.1) is 0 Å². The molecule has 0 bridgehead atoms. The molecule has 0 aliphatic carbocycles. The summed E-state index contributed by atoms with van der Waals surface area (Å²) in [6, 6.07) is 17.6. The van der Waals surface area contributed by atoms with Gasteiger partial charge in [0.25, 0.3) is 5.56 Å². The Bertz CT molecular complexity index is 965. The molecule has 5 nitrogen and oxygen atoms in total. The summed E-state index contributed by atoms with van der Waals surface area (Å²) >= 11 is 0. The summed E-state index contributed by atoms with van der Waals surface area (Å²) in [7, 11) is 0. The van der Waals surface area contributed by atoms with E-state index in [1.807, 2.05) is 47.4 Å². The number of para-hydroxylation sites is 2. The van der Waals surface area contributed by atoms with Crippen molar-refractivity contribution in [2.24, 2.45) is 0 Å². The quantitative estimate of drug-likeness (QED) is 0.740. The van der Waals surface area contributed by atoms with Crippen molar-refractivity contribution in [3.63, 3.8) is 0 Å². The van der Waals surface area contributed by atoms with Crippen molar-refractivity contribution in [1.82, 2.24) is 14.5 Å². The second kappa shape index (κ2) is 6.51. The number of carbonyl (C=O) groups is 1. The highest BCUT2D eigenvalue weighted by Crippen LogP contribution is 2.31. The van der Waals surface area contributed by atoms with Gasteiger partial charge in [0.2, 0.25) is 5.91 Å². The summed E-state index contributed by atoms with van der Waals surface area (Å²) in [5, 5.41) is 0. The number of carbonyl (C=O) groups excluding carboxylic acids is 1. The number of benzene rings is 2. The fourth-order valence-electron chi connectivity index (χ4n) is 3.59. The average Bonchev–Trinajstić information content (AvgIpc) is 3.15. The lowest BCUT2D eigenvalue weighted by atomic mass is 10.0. The van der Waals surface area contributed by atoms with Crippen LogP contribution in [0.5, 0.6) is 0 Å². The third kappa shape index (κ3) is 2.93. The Morgan fingerprint density at radius 1 is 1.08 bits per heavy atom. The van der Waals surface area contributed by atoms with Crippen molar-refractivity contribution in [3.8, 4) is 0 Å². The van der Waals surface area contributed by atoms with Gasteiger partial charge in [-0.15, -0.1) is 0 Å². The van der Waals surface area contributed by atoms with Crippen LogP contribution in [-0.2, 0) is 11.3 Å². The molecule has 5 heteroatoms. The molecule has 0 spiro atoms. The Kier molecular flexibility index (Phi) is 4.06. The first-order valence-corrected chi connectivity index (χ1v) is 8.53. The smallest absolute Gasteiger partial charge is 0.269 e. The predicted octanol–water partition coefficient (Wildman–Crippen LogP) is 2.76. The van der Waals surface area contributed by atoms with Crippen LogP contribution in [0.15, 0.2) is 65.6 Å². The van der Waals surface area contributed by atoms with E-state index < -0.39 is 0 Å². The highest BCUT2D eigenvalue weighted by atomic mass is 16.2. The Labute approximate surface area is 145 Å². The maximum Gasteiger partial charge on any atom is 0.269 e. The van der Waals surface area contributed by atoms with Crippen LogP contribution in [0.4, 0.5) is 0 Å². The van der Waals surface area contributed by atoms with Gasteiger partial charge in [-0.1, -0.05) is 42.5 Å². The lowest BCUT2D eigenvalue weighted by Gasteiger charge is -2.25. The molecule has 1 amide bonds. The number of amides is 1. The first-order valence-electron chi connectivity index (χ1n) is 8.53. The molecular formula is C20H19N3O2. The Hall–Kier alpha value is -2.95. The molecule has 25 heavy (non-hydrogen) atoms. The molecule has 0 saturated carbocycles. The monoisotopic (exact) mass is 333 g/mol. The number of hydrogen-bond acceptors (Lipinski definition) is 3. The molecule has 3 aromatic rings. The Balaban J connectivity index is 1.64. The molecule has 1 fully saturated rings. The zero-order valence-electron chi connectivity index (χ0n) is 13.8. The second-order valence-corrected chi connectivity index (χ2v) is 6.33. The van der Waals surface area contributed by atoms with Gasteiger partial charge < -0.3 is 4.90 Å². The summed E-state index contributed by atoms with van der Waals surface area (Å²) in [5.41, 5.74) is 2.32. The van der Waals surface area contributed by atoms with E-state index in [0.29, 0.717) is 5.52 Å². The number of nitrogens with zero attached hydrogens (tertiary/aromatic N) is 3. The first kappa shape index (κ1) is 15.6. The van der Waals surface area contributed by atoms with Crippen LogP contribution in [0.2, 0.25) is 0 Å². The topological polar surface area (TPSA) is 55.2 Å². The minimum atomic E-state index is -0.248. The fourth-order valence-corrected chi connectivity index (χ4v) is 3.59. The summed E-state index contributed by atoms with van der Waals surface area (Å²) in [6.45, 7) is 0.779. The molecular weight excluding hydrogens is 314 g/mol. The molecule has 4 rings (SSSR count). The van der Waals surface area contributed by atoms with Gasteiger partial charge in [0, 0.05) is 6.54 Å². The van der Waals surface area contributed by atoms with Crippen LogP contribution in [0.3, 0.4) is 0 Å². The summed E-state index contributed by atoms with van der Waals surface area (Å²) in [5.74, 6) is -0.0233. The zero-order valence-corrected chi connectivity index (χ0v) is 13.8. The minimum absolute atomic E-state index is 0.0233. The number of rotatable bonds is 3. The number of fused-ring (bicyclic) bond motifs is 1. The molecule has 1 unspecified atom stereocenters. The van der Waals surface area contributed by atoms with Crippen LogP contribution in [0.25, 0.3) is 11.0 Å². The Morgan fingerprint density at radius 3 is 2.68 bits per heavy atom. The molecule has 1 atom stereocenters. The van der Waals surface area contributed by atoms with Crippen LogP contribution < -0.4 is 5.56 Å². The molecule has 1 aliphatic heterocycles. The standard InChI is InChI=1S/C20H19N3O2/c24-19-13-21-16-9-4-5-10-18(16)23(19)14-20(25)22-12-6-11-17(22)15-7-2-1-3-8-15/h1-5,7-10,13,17H,6,11-12,14H2. The average molecular weight is 333 g/mol. The molecule has 2 aromatic carbocycles. The van der Waals surface area contributed by atoms with Crippen LogP contribution in [0.1, 0.15) is 24.4 Å². The van der Waals surface area contributed by atoms with Crippen molar-refractivity contribution in [3.05, 3.63) is 76.7 Å². The van der Waals surface area contributed by atoms with Gasteiger partial charge in [-0.2, -0.15) is 0 Å². The summed E-state index contributed by atoms with van der Waals surface area (Å²) in [6.07, 6.45) is 3.23. The van der Waals surface area contributed by atoms with Crippen molar-refractivity contribution in [2.45, 2.75) is 25.4 Å². The maximum atomic E-state index is 12.9. The van der Waals surface area contributed by atoms with E-state index in [-0.39, 0.29) is 24.1 Å². The van der Waals surface area contributed by atoms with Gasteiger partial charge >= 0.3 is 0 Å². The van der Waals surface area contributed by atoms with Gasteiger partial charge in [-0.05, 0) is 30.5 Å². The highest BCUT2D eigenvalue weighted by Gasteiger charge is 2.30. The van der Waals surface area contributed by atoms with E-state index in [0.717, 1.165) is 30.5 Å².